The van der Waals surface area contributed by atoms with E-state index in [1.807, 2.05) is 28.7 Å². The van der Waals surface area contributed by atoms with Crippen LogP contribution < -0.4 is 14.8 Å². The van der Waals surface area contributed by atoms with Crippen molar-refractivity contribution in [2.45, 2.75) is 6.54 Å². The molecule has 9 heteroatoms. The number of furan rings is 1. The molecule has 1 aromatic carbocycles. The zero-order valence-electron chi connectivity index (χ0n) is 14.2. The molecule has 0 aliphatic carbocycles. The van der Waals surface area contributed by atoms with Gasteiger partial charge in [-0.05, 0) is 58.5 Å². The van der Waals surface area contributed by atoms with Crippen molar-refractivity contribution >= 4 is 40.5 Å². The van der Waals surface area contributed by atoms with Gasteiger partial charge in [-0.3, -0.25) is 4.79 Å². The van der Waals surface area contributed by atoms with E-state index in [4.69, 9.17) is 19.0 Å². The molecule has 1 amide bonds. The number of ether oxygens (including phenoxy) is 2. The molecule has 0 saturated heterocycles. The van der Waals surface area contributed by atoms with Crippen LogP contribution >= 0.6 is 22.6 Å². The number of carboxylic acids is 1. The van der Waals surface area contributed by atoms with Crippen LogP contribution in [0.5, 0.6) is 11.5 Å². The molecule has 2 aromatic rings. The number of nitriles is 1. The van der Waals surface area contributed by atoms with E-state index < -0.39 is 18.5 Å². The molecule has 27 heavy (non-hydrogen) atoms. The van der Waals surface area contributed by atoms with Crippen LogP contribution in [0.1, 0.15) is 11.3 Å². The third-order valence-electron chi connectivity index (χ3n) is 3.27. The summed E-state index contributed by atoms with van der Waals surface area (Å²) >= 11 is 1.96. The Labute approximate surface area is 168 Å². The van der Waals surface area contributed by atoms with Gasteiger partial charge in [0.2, 0.25) is 0 Å². The summed E-state index contributed by atoms with van der Waals surface area (Å²) in [4.78, 5) is 22.9. The maximum Gasteiger partial charge on any atom is 0.341 e. The molecule has 1 aromatic heterocycles. The molecule has 0 saturated carbocycles. The van der Waals surface area contributed by atoms with Crippen molar-refractivity contribution in [1.82, 2.24) is 5.32 Å². The van der Waals surface area contributed by atoms with Gasteiger partial charge in [-0.1, -0.05) is 0 Å². The Morgan fingerprint density at radius 2 is 2.22 bits per heavy atom. The van der Waals surface area contributed by atoms with Gasteiger partial charge in [0, 0.05) is 0 Å². The Kier molecular flexibility index (Phi) is 7.25. The van der Waals surface area contributed by atoms with E-state index in [0.29, 0.717) is 20.6 Å². The van der Waals surface area contributed by atoms with Gasteiger partial charge in [-0.15, -0.1) is 0 Å². The quantitative estimate of drug-likeness (QED) is 0.337. The minimum atomic E-state index is -1.11. The largest absolute Gasteiger partial charge is 0.493 e. The highest BCUT2D eigenvalue weighted by atomic mass is 127. The van der Waals surface area contributed by atoms with Crippen LogP contribution in [-0.2, 0) is 16.1 Å². The van der Waals surface area contributed by atoms with Crippen LogP contribution in [0, 0.1) is 14.9 Å². The van der Waals surface area contributed by atoms with Crippen LogP contribution in [0.15, 0.2) is 40.5 Å². The fourth-order valence-corrected chi connectivity index (χ4v) is 2.87. The van der Waals surface area contributed by atoms with Crippen molar-refractivity contribution in [2.75, 3.05) is 13.7 Å². The molecular weight excluding hydrogens is 467 g/mol. The first-order valence-electron chi connectivity index (χ1n) is 7.59. The molecule has 0 unspecified atom stereocenters. The molecule has 0 spiro atoms. The number of carboxylic acid groups (broad SMARTS) is 1. The monoisotopic (exact) mass is 482 g/mol. The average Bonchev–Trinajstić information content (AvgIpc) is 3.16. The first kappa shape index (κ1) is 20.3. The smallest absolute Gasteiger partial charge is 0.341 e. The molecule has 0 bridgehead atoms. The van der Waals surface area contributed by atoms with Crippen LogP contribution in [0.3, 0.4) is 0 Å². The van der Waals surface area contributed by atoms with Crippen molar-refractivity contribution in [1.29, 1.82) is 5.26 Å². The van der Waals surface area contributed by atoms with Crippen molar-refractivity contribution in [3.05, 3.63) is 51.0 Å². The van der Waals surface area contributed by atoms with Crippen molar-refractivity contribution < 1.29 is 28.6 Å². The normalized spacial score (nSPS) is 10.8. The van der Waals surface area contributed by atoms with Gasteiger partial charge in [-0.25, -0.2) is 4.79 Å². The van der Waals surface area contributed by atoms with E-state index in [-0.39, 0.29) is 17.9 Å². The molecule has 1 heterocycles. The van der Waals surface area contributed by atoms with Gasteiger partial charge in [0.15, 0.2) is 18.1 Å². The van der Waals surface area contributed by atoms with Crippen LogP contribution in [-0.4, -0.2) is 30.7 Å². The summed E-state index contributed by atoms with van der Waals surface area (Å²) in [5, 5.41) is 20.6. The Bertz CT molecular complexity index is 899. The Morgan fingerprint density at radius 1 is 1.44 bits per heavy atom. The molecule has 0 atom stereocenters. The number of methoxy groups -OCH3 is 1. The molecule has 0 fully saturated rings. The number of halogens is 1. The molecule has 0 aliphatic rings. The van der Waals surface area contributed by atoms with Gasteiger partial charge >= 0.3 is 5.97 Å². The van der Waals surface area contributed by atoms with E-state index in [1.54, 1.807) is 24.3 Å². The molecule has 2 N–H and O–H groups in total. The van der Waals surface area contributed by atoms with E-state index in [2.05, 4.69) is 5.32 Å². The SMILES string of the molecule is COc1cc(/C=C(/C#N)C(=O)NCc2ccco2)cc(I)c1OCC(=O)O. The number of benzene rings is 1. The number of amides is 1. The molecule has 8 nitrogen and oxygen atoms in total. The maximum absolute atomic E-state index is 12.2. The predicted molar refractivity (Wildman–Crippen MR) is 103 cm³/mol. The van der Waals surface area contributed by atoms with Gasteiger partial charge in [0.25, 0.3) is 5.91 Å². The Balaban J connectivity index is 2.21. The Morgan fingerprint density at radius 3 is 2.81 bits per heavy atom. The zero-order chi connectivity index (χ0) is 19.8. The van der Waals surface area contributed by atoms with Crippen LogP contribution in [0.4, 0.5) is 0 Å². The number of nitrogens with one attached hydrogen (secondary N) is 1. The van der Waals surface area contributed by atoms with E-state index in [9.17, 15) is 14.9 Å². The van der Waals surface area contributed by atoms with Crippen LogP contribution in [0.2, 0.25) is 0 Å². The number of carbonyl (C=O) groups is 2. The number of nitrogens with zero attached hydrogens (tertiary/aromatic N) is 1. The lowest BCUT2D eigenvalue weighted by molar-refractivity contribution is -0.139. The third kappa shape index (κ3) is 5.75. The molecular formula is C18H15IN2O6. The molecule has 140 valence electrons. The van der Waals surface area contributed by atoms with Gasteiger partial charge in [-0.2, -0.15) is 5.26 Å². The second-order valence-electron chi connectivity index (χ2n) is 5.15. The first-order valence-corrected chi connectivity index (χ1v) is 8.67. The first-order chi connectivity index (χ1) is 12.9. The fourth-order valence-electron chi connectivity index (χ4n) is 2.09. The number of rotatable bonds is 8. The highest BCUT2D eigenvalue weighted by Crippen LogP contribution is 2.34. The standard InChI is InChI=1S/C18H15IN2O6/c1-25-15-7-11(6-14(19)17(15)27-10-16(22)23)5-12(8-20)18(24)21-9-13-3-2-4-26-13/h2-7H,9-10H2,1H3,(H,21,24)(H,22,23)/b12-5-. The number of carbonyl (C=O) groups excluding carboxylic acids is 1. The highest BCUT2D eigenvalue weighted by Gasteiger charge is 2.15. The lowest BCUT2D eigenvalue weighted by Crippen LogP contribution is -2.23. The summed E-state index contributed by atoms with van der Waals surface area (Å²) in [5.74, 6) is -0.524. The summed E-state index contributed by atoms with van der Waals surface area (Å²) < 4.78 is 16.2. The number of hydrogen-bond donors (Lipinski definition) is 2. The summed E-state index contributed by atoms with van der Waals surface area (Å²) in [5.41, 5.74) is 0.433. The summed E-state index contributed by atoms with van der Waals surface area (Å²) in [6.07, 6.45) is 2.90. The number of aliphatic carboxylic acids is 1. The van der Waals surface area contributed by atoms with Gasteiger partial charge in [0.05, 0.1) is 23.5 Å². The van der Waals surface area contributed by atoms with Crippen molar-refractivity contribution in [3.63, 3.8) is 0 Å². The highest BCUT2D eigenvalue weighted by molar-refractivity contribution is 14.1. The van der Waals surface area contributed by atoms with Gasteiger partial charge in [0.1, 0.15) is 17.4 Å². The minimum absolute atomic E-state index is 0.0985. The lowest BCUT2D eigenvalue weighted by atomic mass is 10.1. The van der Waals surface area contributed by atoms with E-state index in [1.165, 1.54) is 19.4 Å². The zero-order valence-corrected chi connectivity index (χ0v) is 16.3. The molecule has 0 aliphatic heterocycles. The van der Waals surface area contributed by atoms with Gasteiger partial charge < -0.3 is 24.3 Å². The summed E-state index contributed by atoms with van der Waals surface area (Å²) in [7, 11) is 1.41. The predicted octanol–water partition coefficient (Wildman–Crippen LogP) is 2.58. The second-order valence-corrected chi connectivity index (χ2v) is 6.31. The van der Waals surface area contributed by atoms with Crippen LogP contribution in [0.25, 0.3) is 6.08 Å². The molecule has 0 radical (unpaired) electrons. The maximum atomic E-state index is 12.2. The lowest BCUT2D eigenvalue weighted by Gasteiger charge is -2.12. The molecule has 2 rings (SSSR count). The minimum Gasteiger partial charge on any atom is -0.493 e. The topological polar surface area (TPSA) is 122 Å². The van der Waals surface area contributed by atoms with Crippen molar-refractivity contribution in [2.24, 2.45) is 0 Å². The van der Waals surface area contributed by atoms with E-state index in [0.717, 1.165) is 0 Å². The second kappa shape index (κ2) is 9.63. The average molecular weight is 482 g/mol. The Hall–Kier alpha value is -3.00. The fraction of sp³-hybridized carbons (Fsp3) is 0.167. The summed E-state index contributed by atoms with van der Waals surface area (Å²) in [6.45, 7) is -0.353. The number of hydrogen-bond acceptors (Lipinski definition) is 6. The summed E-state index contributed by atoms with van der Waals surface area (Å²) in [6, 6.07) is 8.47. The van der Waals surface area contributed by atoms with E-state index >= 15 is 0 Å². The third-order valence-corrected chi connectivity index (χ3v) is 4.07. The van der Waals surface area contributed by atoms with Crippen molar-refractivity contribution in [3.8, 4) is 17.6 Å².